The third-order valence-electron chi connectivity index (χ3n) is 1.55. The Morgan fingerprint density at radius 3 is 2.00 bits per heavy atom. The van der Waals surface area contributed by atoms with Gasteiger partial charge >= 0.3 is 17.1 Å². The minimum Gasteiger partial charge on any atom is -1.00 e. The van der Waals surface area contributed by atoms with Crippen LogP contribution in [0.25, 0.3) is 10.8 Å². The number of hydrogen-bond donors (Lipinski definition) is 0. The molecule has 2 aromatic rings. The van der Waals surface area contributed by atoms with Gasteiger partial charge in [-0.05, 0) is 0 Å². The third-order valence-corrected chi connectivity index (χ3v) is 1.55. The summed E-state index contributed by atoms with van der Waals surface area (Å²) in [5.41, 5.74) is 0. The first-order chi connectivity index (χ1) is 6.47. The maximum atomic E-state index is 8.00. The number of fused-ring (bicyclic) bond motifs is 1. The number of rotatable bonds is 0. The quantitative estimate of drug-likeness (QED) is 0.462. The zero-order chi connectivity index (χ0) is 10.1. The van der Waals surface area contributed by atoms with E-state index in [0.29, 0.717) is 0 Å². The predicted octanol–water partition coefficient (Wildman–Crippen LogP) is -0.810. The fraction of sp³-hybridized carbons (Fsp3) is 0. The van der Waals surface area contributed by atoms with Gasteiger partial charge in [0.15, 0.2) is 0 Å². The van der Waals surface area contributed by atoms with Crippen molar-refractivity contribution in [1.82, 2.24) is 0 Å². The molecule has 2 nitrogen and oxygen atoms in total. The standard InChI is InChI=1S/C9H7.2CH2O.ClH.Fe/c1-2-5-9-7-3-6-8(9)4-1;2*1-2;;/h1-7H;2*1H2;1H;/q-1;;;;+2/p-1. The molecule has 0 atom stereocenters. The molecule has 4 heteroatoms. The monoisotopic (exact) mass is 266 g/mol. The molecular formula is C11H11ClFeO2. The SMILES string of the molecule is C=O.C=O.[Cl-].[Fe+2].c1ccc2[cH-]ccc2c1. The Hall–Kier alpha value is -1.02. The fourth-order valence-corrected chi connectivity index (χ4v) is 1.07. The van der Waals surface area contributed by atoms with Crippen LogP contribution in [0, 0.1) is 0 Å². The van der Waals surface area contributed by atoms with E-state index in [1.54, 1.807) is 0 Å². The van der Waals surface area contributed by atoms with Crippen molar-refractivity contribution >= 4 is 24.4 Å². The Morgan fingerprint density at radius 1 is 0.933 bits per heavy atom. The molecular weight excluding hydrogens is 255 g/mol. The summed E-state index contributed by atoms with van der Waals surface area (Å²) in [5.74, 6) is 0. The van der Waals surface area contributed by atoms with Crippen LogP contribution < -0.4 is 12.4 Å². The van der Waals surface area contributed by atoms with Crippen molar-refractivity contribution in [2.24, 2.45) is 0 Å². The van der Waals surface area contributed by atoms with Gasteiger partial charge in [-0.2, -0.15) is 17.5 Å². The van der Waals surface area contributed by atoms with E-state index in [-0.39, 0.29) is 29.5 Å². The van der Waals surface area contributed by atoms with Gasteiger partial charge in [0.1, 0.15) is 13.6 Å². The molecule has 0 fully saturated rings. The summed E-state index contributed by atoms with van der Waals surface area (Å²) in [6.07, 6.45) is 0. The molecule has 82 valence electrons. The van der Waals surface area contributed by atoms with Crippen LogP contribution in [0.5, 0.6) is 0 Å². The molecule has 0 saturated carbocycles. The van der Waals surface area contributed by atoms with Gasteiger partial charge in [-0.25, -0.2) is 0 Å². The smallest absolute Gasteiger partial charge is 1.00 e. The summed E-state index contributed by atoms with van der Waals surface area (Å²) >= 11 is 0. The molecule has 0 aliphatic heterocycles. The van der Waals surface area contributed by atoms with E-state index < -0.39 is 0 Å². The van der Waals surface area contributed by atoms with Crippen molar-refractivity contribution in [3.05, 3.63) is 42.5 Å². The van der Waals surface area contributed by atoms with E-state index in [0.717, 1.165) is 0 Å². The minimum absolute atomic E-state index is 0. The van der Waals surface area contributed by atoms with Gasteiger partial charge in [-0.15, -0.1) is 29.7 Å². The Morgan fingerprint density at radius 2 is 1.47 bits per heavy atom. The average molecular weight is 267 g/mol. The molecule has 0 aliphatic rings. The van der Waals surface area contributed by atoms with Crippen molar-refractivity contribution < 1.29 is 39.1 Å². The summed E-state index contributed by atoms with van der Waals surface area (Å²) in [4.78, 5) is 16.0. The summed E-state index contributed by atoms with van der Waals surface area (Å²) in [6.45, 7) is 4.00. The average Bonchev–Trinajstić information content (AvgIpc) is 2.71. The van der Waals surface area contributed by atoms with Crippen LogP contribution in [0.2, 0.25) is 0 Å². The number of halogens is 1. The van der Waals surface area contributed by atoms with Crippen LogP contribution >= 0.6 is 0 Å². The van der Waals surface area contributed by atoms with Crippen molar-refractivity contribution in [2.45, 2.75) is 0 Å². The predicted molar refractivity (Wildman–Crippen MR) is 53.8 cm³/mol. The van der Waals surface area contributed by atoms with Crippen molar-refractivity contribution in [3.63, 3.8) is 0 Å². The van der Waals surface area contributed by atoms with E-state index in [9.17, 15) is 0 Å². The molecule has 0 aromatic heterocycles. The van der Waals surface area contributed by atoms with Crippen LogP contribution in [0.15, 0.2) is 42.5 Å². The first-order valence-corrected chi connectivity index (χ1v) is 3.65. The summed E-state index contributed by atoms with van der Waals surface area (Å²) in [5, 5.41) is 2.66. The second-order valence-electron chi connectivity index (χ2n) is 2.15. The molecule has 0 spiro atoms. The van der Waals surface area contributed by atoms with Crippen LogP contribution in [0.3, 0.4) is 0 Å². The van der Waals surface area contributed by atoms with E-state index in [1.165, 1.54) is 10.8 Å². The van der Waals surface area contributed by atoms with Crippen LogP contribution in [-0.4, -0.2) is 13.6 Å². The molecule has 0 aliphatic carbocycles. The van der Waals surface area contributed by atoms with Gasteiger partial charge in [0.25, 0.3) is 0 Å². The van der Waals surface area contributed by atoms with Gasteiger partial charge in [-0.3, -0.25) is 0 Å². The van der Waals surface area contributed by atoms with Crippen molar-refractivity contribution in [3.8, 4) is 0 Å². The molecule has 2 aromatic carbocycles. The topological polar surface area (TPSA) is 34.1 Å². The molecule has 0 unspecified atom stereocenters. The number of carbonyl (C=O) groups excluding carboxylic acids is 2. The normalized spacial score (nSPS) is 6.67. The molecule has 0 N–H and O–H groups in total. The Kier molecular flexibility index (Phi) is 16.9. The van der Waals surface area contributed by atoms with Crippen LogP contribution in [0.1, 0.15) is 0 Å². The first kappa shape index (κ1) is 19.5. The molecule has 15 heavy (non-hydrogen) atoms. The van der Waals surface area contributed by atoms with Gasteiger partial charge in [0, 0.05) is 0 Å². The first-order valence-electron chi connectivity index (χ1n) is 3.65. The van der Waals surface area contributed by atoms with Crippen molar-refractivity contribution in [1.29, 1.82) is 0 Å². The number of hydrogen-bond acceptors (Lipinski definition) is 2. The molecule has 2 rings (SSSR count). The Balaban J connectivity index is -0.000000218. The van der Waals surface area contributed by atoms with Crippen molar-refractivity contribution in [2.75, 3.05) is 0 Å². The molecule has 0 radical (unpaired) electrons. The maximum absolute atomic E-state index is 8.00. The van der Waals surface area contributed by atoms with Gasteiger partial charge in [-0.1, -0.05) is 6.07 Å². The second kappa shape index (κ2) is 13.0. The van der Waals surface area contributed by atoms with Gasteiger partial charge < -0.3 is 22.0 Å². The Bertz CT molecular complexity index is 317. The third kappa shape index (κ3) is 6.13. The Labute approximate surface area is 106 Å². The van der Waals surface area contributed by atoms with E-state index in [1.807, 2.05) is 13.6 Å². The molecule has 0 bridgehead atoms. The van der Waals surface area contributed by atoms with Gasteiger partial charge in [0.2, 0.25) is 0 Å². The summed E-state index contributed by atoms with van der Waals surface area (Å²) in [7, 11) is 0. The van der Waals surface area contributed by atoms with Crippen LogP contribution in [-0.2, 0) is 26.7 Å². The maximum Gasteiger partial charge on any atom is 2.00 e. The van der Waals surface area contributed by atoms with Gasteiger partial charge in [0.05, 0.1) is 0 Å². The van der Waals surface area contributed by atoms with E-state index >= 15 is 0 Å². The largest absolute Gasteiger partial charge is 2.00 e. The van der Waals surface area contributed by atoms with E-state index in [4.69, 9.17) is 9.59 Å². The number of benzene rings is 1. The number of carbonyl (C=O) groups is 2. The zero-order valence-electron chi connectivity index (χ0n) is 8.00. The fourth-order valence-electron chi connectivity index (χ4n) is 1.07. The molecule has 0 saturated heterocycles. The zero-order valence-corrected chi connectivity index (χ0v) is 9.86. The van der Waals surface area contributed by atoms with Crippen LogP contribution in [0.4, 0.5) is 0 Å². The minimum atomic E-state index is 0. The second-order valence-corrected chi connectivity index (χ2v) is 2.15. The summed E-state index contributed by atoms with van der Waals surface area (Å²) in [6, 6.07) is 14.7. The van der Waals surface area contributed by atoms with E-state index in [2.05, 4.69) is 42.5 Å². The molecule has 0 amide bonds. The molecule has 0 heterocycles. The summed E-state index contributed by atoms with van der Waals surface area (Å²) < 4.78 is 0.